The van der Waals surface area contributed by atoms with Crippen LogP contribution >= 0.6 is 11.3 Å². The normalized spacial score (nSPS) is 19.4. The molecule has 18 heavy (non-hydrogen) atoms. The molecule has 0 unspecified atom stereocenters. The fourth-order valence-corrected chi connectivity index (χ4v) is 3.07. The Morgan fingerprint density at radius 3 is 2.94 bits per heavy atom. The molecule has 1 aliphatic heterocycles. The highest BCUT2D eigenvalue weighted by atomic mass is 32.1. The number of esters is 1. The summed E-state index contributed by atoms with van der Waals surface area (Å²) < 4.78 is 4.68. The number of hydrogen-bond acceptors (Lipinski definition) is 5. The summed E-state index contributed by atoms with van der Waals surface area (Å²) in [6.07, 6.45) is 3.60. The minimum Gasteiger partial charge on any atom is -0.464 e. The van der Waals surface area contributed by atoms with Gasteiger partial charge in [0.05, 0.1) is 7.11 Å². The Balaban J connectivity index is 2.07. The number of hydrogen-bond donors (Lipinski definition) is 0. The molecule has 0 bridgehead atoms. The molecule has 0 radical (unpaired) electrons. The zero-order valence-corrected chi connectivity index (χ0v) is 12.0. The van der Waals surface area contributed by atoms with Gasteiger partial charge in [-0.2, -0.15) is 0 Å². The van der Waals surface area contributed by atoms with Crippen molar-refractivity contribution in [2.45, 2.75) is 33.1 Å². The lowest BCUT2D eigenvalue weighted by Crippen LogP contribution is -2.25. The number of carbonyl (C=O) groups is 1. The predicted octanol–water partition coefficient (Wildman–Crippen LogP) is 2.95. The van der Waals surface area contributed by atoms with E-state index < -0.39 is 0 Å². The second kappa shape index (κ2) is 5.26. The second-order valence-corrected chi connectivity index (χ2v) is 6.35. The number of ether oxygens (including phenoxy) is 1. The van der Waals surface area contributed by atoms with E-state index in [1.807, 2.05) is 0 Å². The Kier molecular flexibility index (Phi) is 3.90. The molecule has 2 heterocycles. The molecule has 1 aromatic rings. The van der Waals surface area contributed by atoms with Crippen molar-refractivity contribution in [1.29, 1.82) is 0 Å². The van der Waals surface area contributed by atoms with Crippen LogP contribution < -0.4 is 4.90 Å². The van der Waals surface area contributed by atoms with Crippen LogP contribution in [0.2, 0.25) is 0 Å². The fraction of sp³-hybridized carbons (Fsp3) is 0.692. The lowest BCUT2D eigenvalue weighted by molar-refractivity contribution is 0.0595. The first-order chi connectivity index (χ1) is 8.52. The van der Waals surface area contributed by atoms with E-state index in [1.54, 1.807) is 5.38 Å². The minimum atomic E-state index is -0.354. The van der Waals surface area contributed by atoms with Crippen molar-refractivity contribution in [3.8, 4) is 0 Å². The van der Waals surface area contributed by atoms with Crippen molar-refractivity contribution in [1.82, 2.24) is 4.98 Å². The number of thiazole rings is 1. The van der Waals surface area contributed by atoms with Crippen molar-refractivity contribution in [2.24, 2.45) is 5.41 Å². The van der Waals surface area contributed by atoms with Gasteiger partial charge in [-0.15, -0.1) is 11.3 Å². The molecule has 1 fully saturated rings. The third-order valence-corrected chi connectivity index (χ3v) is 4.40. The first kappa shape index (κ1) is 13.3. The highest BCUT2D eigenvalue weighted by Crippen LogP contribution is 2.32. The van der Waals surface area contributed by atoms with Gasteiger partial charge in [-0.3, -0.25) is 0 Å². The molecule has 1 saturated heterocycles. The summed E-state index contributed by atoms with van der Waals surface area (Å²) >= 11 is 1.52. The molecule has 0 saturated carbocycles. The molecule has 0 N–H and O–H groups in total. The zero-order valence-electron chi connectivity index (χ0n) is 11.2. The maximum atomic E-state index is 11.4. The molecule has 0 spiro atoms. The summed E-state index contributed by atoms with van der Waals surface area (Å²) in [7, 11) is 1.38. The van der Waals surface area contributed by atoms with E-state index in [9.17, 15) is 4.79 Å². The molecule has 0 aromatic carbocycles. The highest BCUT2D eigenvalue weighted by molar-refractivity contribution is 7.13. The summed E-state index contributed by atoms with van der Waals surface area (Å²) in [6.45, 7) is 6.68. The van der Waals surface area contributed by atoms with E-state index >= 15 is 0 Å². The molecule has 2 rings (SSSR count). The summed E-state index contributed by atoms with van der Waals surface area (Å²) in [5.74, 6) is -0.354. The van der Waals surface area contributed by atoms with Crippen molar-refractivity contribution in [3.05, 3.63) is 11.1 Å². The van der Waals surface area contributed by atoms with Crippen molar-refractivity contribution in [3.63, 3.8) is 0 Å². The van der Waals surface area contributed by atoms with Crippen LogP contribution in [0.5, 0.6) is 0 Å². The summed E-state index contributed by atoms with van der Waals surface area (Å²) in [5, 5.41) is 2.71. The van der Waals surface area contributed by atoms with E-state index in [2.05, 4.69) is 28.5 Å². The average molecular weight is 268 g/mol. The molecule has 1 aliphatic rings. The molecule has 0 amide bonds. The quantitative estimate of drug-likeness (QED) is 0.773. The molecular weight excluding hydrogens is 248 g/mol. The van der Waals surface area contributed by atoms with Gasteiger partial charge >= 0.3 is 5.97 Å². The third-order valence-electron chi connectivity index (χ3n) is 3.50. The van der Waals surface area contributed by atoms with E-state index in [0.717, 1.165) is 18.2 Å². The van der Waals surface area contributed by atoms with Gasteiger partial charge in [0.1, 0.15) is 0 Å². The van der Waals surface area contributed by atoms with E-state index in [0.29, 0.717) is 11.1 Å². The van der Waals surface area contributed by atoms with Crippen LogP contribution in [-0.4, -0.2) is 31.2 Å². The van der Waals surface area contributed by atoms with Gasteiger partial charge in [0.15, 0.2) is 10.8 Å². The Bertz CT molecular complexity index is 428. The fourth-order valence-electron chi connectivity index (χ4n) is 2.22. The van der Waals surface area contributed by atoms with Crippen molar-refractivity contribution < 1.29 is 9.53 Å². The maximum Gasteiger partial charge on any atom is 0.357 e. The Labute approximate surface area is 112 Å². The van der Waals surface area contributed by atoms with Crippen molar-refractivity contribution >= 4 is 22.4 Å². The van der Waals surface area contributed by atoms with Gasteiger partial charge in [0, 0.05) is 18.5 Å². The first-order valence-corrected chi connectivity index (χ1v) is 7.19. The minimum absolute atomic E-state index is 0.354. The molecule has 4 nitrogen and oxygen atoms in total. The summed E-state index contributed by atoms with van der Waals surface area (Å²) in [6, 6.07) is 0. The van der Waals surface area contributed by atoms with Crippen LogP contribution in [0.3, 0.4) is 0 Å². The molecule has 0 aliphatic carbocycles. The number of rotatable bonds is 2. The predicted molar refractivity (Wildman–Crippen MR) is 73.3 cm³/mol. The van der Waals surface area contributed by atoms with Gasteiger partial charge in [-0.25, -0.2) is 9.78 Å². The zero-order chi connectivity index (χ0) is 13.2. The first-order valence-electron chi connectivity index (χ1n) is 6.31. The van der Waals surface area contributed by atoms with Crippen LogP contribution in [-0.2, 0) is 4.74 Å². The van der Waals surface area contributed by atoms with E-state index in [1.165, 1.54) is 37.7 Å². The molecule has 100 valence electrons. The number of methoxy groups -OCH3 is 1. The Morgan fingerprint density at radius 1 is 1.44 bits per heavy atom. The van der Waals surface area contributed by atoms with Gasteiger partial charge in [0.2, 0.25) is 0 Å². The SMILES string of the molecule is COC(=O)c1csc(N2CCCC(C)(C)CC2)n1. The van der Waals surface area contributed by atoms with Gasteiger partial charge < -0.3 is 9.64 Å². The number of aromatic nitrogens is 1. The second-order valence-electron chi connectivity index (χ2n) is 5.51. The van der Waals surface area contributed by atoms with Gasteiger partial charge in [-0.05, 0) is 24.7 Å². The highest BCUT2D eigenvalue weighted by Gasteiger charge is 2.24. The smallest absolute Gasteiger partial charge is 0.357 e. The standard InChI is InChI=1S/C13H20N2O2S/c1-13(2)5-4-7-15(8-6-13)12-14-10(9-18-12)11(16)17-3/h9H,4-8H2,1-3H3. The summed E-state index contributed by atoms with van der Waals surface area (Å²) in [4.78, 5) is 18.0. The van der Waals surface area contributed by atoms with Gasteiger partial charge in [0.25, 0.3) is 0 Å². The molecule has 5 heteroatoms. The molecule has 0 atom stereocenters. The van der Waals surface area contributed by atoms with Crippen LogP contribution in [0.15, 0.2) is 5.38 Å². The maximum absolute atomic E-state index is 11.4. The van der Waals surface area contributed by atoms with Crippen LogP contribution in [0.1, 0.15) is 43.6 Å². The third kappa shape index (κ3) is 3.02. The van der Waals surface area contributed by atoms with E-state index in [-0.39, 0.29) is 5.97 Å². The largest absolute Gasteiger partial charge is 0.464 e. The monoisotopic (exact) mass is 268 g/mol. The lowest BCUT2D eigenvalue weighted by Gasteiger charge is -2.22. The van der Waals surface area contributed by atoms with Crippen LogP contribution in [0, 0.1) is 5.41 Å². The van der Waals surface area contributed by atoms with E-state index in [4.69, 9.17) is 0 Å². The number of nitrogens with zero attached hydrogens (tertiary/aromatic N) is 2. The lowest BCUT2D eigenvalue weighted by atomic mass is 9.85. The van der Waals surface area contributed by atoms with Crippen LogP contribution in [0.25, 0.3) is 0 Å². The molecular formula is C13H20N2O2S. The topological polar surface area (TPSA) is 42.4 Å². The summed E-state index contributed by atoms with van der Waals surface area (Å²) in [5.41, 5.74) is 0.831. The Morgan fingerprint density at radius 2 is 2.22 bits per heavy atom. The number of carbonyl (C=O) groups excluding carboxylic acids is 1. The number of anilines is 1. The molecule has 1 aromatic heterocycles. The van der Waals surface area contributed by atoms with Crippen LogP contribution in [0.4, 0.5) is 5.13 Å². The average Bonchev–Trinajstić information content (AvgIpc) is 2.74. The van der Waals surface area contributed by atoms with Crippen molar-refractivity contribution in [2.75, 3.05) is 25.1 Å². The van der Waals surface area contributed by atoms with Gasteiger partial charge in [-0.1, -0.05) is 13.8 Å². The Hall–Kier alpha value is -1.10.